The first-order valence-corrected chi connectivity index (χ1v) is 8.77. The van der Waals surface area contributed by atoms with Crippen molar-refractivity contribution < 1.29 is 4.74 Å². The fraction of sp³-hybridized carbons (Fsp3) is 0.667. The van der Waals surface area contributed by atoms with Gasteiger partial charge in [-0.2, -0.15) is 0 Å². The minimum Gasteiger partial charge on any atom is -0.494 e. The second-order valence-corrected chi connectivity index (χ2v) is 6.28. The standard InChI is InChI=1S/C18H29N3O/c1-2-22-18-8-4-3-7-16(18)17(15-20-11-5-6-12-20)21-13-9-19-10-14-21/h3-4,7-8,17,19H,2,5-6,9-15H2,1H3. The maximum absolute atomic E-state index is 5.91. The molecule has 0 aromatic heterocycles. The average Bonchev–Trinajstić information content (AvgIpc) is 3.08. The molecule has 0 amide bonds. The summed E-state index contributed by atoms with van der Waals surface area (Å²) in [5.41, 5.74) is 1.36. The molecule has 1 atom stereocenters. The van der Waals surface area contributed by atoms with Crippen LogP contribution in [0.1, 0.15) is 31.4 Å². The minimum atomic E-state index is 0.447. The van der Waals surface area contributed by atoms with Crippen LogP contribution in [0.2, 0.25) is 0 Å². The molecule has 4 heteroatoms. The van der Waals surface area contributed by atoms with Gasteiger partial charge in [0, 0.05) is 38.3 Å². The quantitative estimate of drug-likeness (QED) is 0.871. The largest absolute Gasteiger partial charge is 0.494 e. The van der Waals surface area contributed by atoms with E-state index in [9.17, 15) is 0 Å². The van der Waals surface area contributed by atoms with Crippen molar-refractivity contribution in [3.63, 3.8) is 0 Å². The summed E-state index contributed by atoms with van der Waals surface area (Å²) in [7, 11) is 0. The van der Waals surface area contributed by atoms with Gasteiger partial charge < -0.3 is 15.0 Å². The smallest absolute Gasteiger partial charge is 0.124 e. The highest BCUT2D eigenvalue weighted by Crippen LogP contribution is 2.31. The van der Waals surface area contributed by atoms with Gasteiger partial charge in [-0.3, -0.25) is 4.90 Å². The first kappa shape index (κ1) is 15.8. The summed E-state index contributed by atoms with van der Waals surface area (Å²) in [6.07, 6.45) is 2.70. The van der Waals surface area contributed by atoms with Crippen molar-refractivity contribution in [1.29, 1.82) is 0 Å². The van der Waals surface area contributed by atoms with Gasteiger partial charge in [0.1, 0.15) is 5.75 Å². The predicted octanol–water partition coefficient (Wildman–Crippen LogP) is 2.13. The molecule has 2 fully saturated rings. The van der Waals surface area contributed by atoms with E-state index in [0.717, 1.165) is 45.1 Å². The van der Waals surface area contributed by atoms with E-state index >= 15 is 0 Å². The van der Waals surface area contributed by atoms with Crippen LogP contribution in [0.15, 0.2) is 24.3 Å². The van der Waals surface area contributed by atoms with E-state index in [-0.39, 0.29) is 0 Å². The monoisotopic (exact) mass is 303 g/mol. The molecule has 1 aromatic carbocycles. The minimum absolute atomic E-state index is 0.447. The highest BCUT2D eigenvalue weighted by molar-refractivity contribution is 5.36. The molecule has 22 heavy (non-hydrogen) atoms. The number of hydrogen-bond acceptors (Lipinski definition) is 4. The Hall–Kier alpha value is -1.10. The first-order valence-electron chi connectivity index (χ1n) is 8.77. The van der Waals surface area contributed by atoms with E-state index < -0.39 is 0 Å². The van der Waals surface area contributed by atoms with E-state index in [1.165, 1.54) is 31.5 Å². The molecule has 0 bridgehead atoms. The number of ether oxygens (including phenoxy) is 1. The van der Waals surface area contributed by atoms with Crippen LogP contribution in [0.3, 0.4) is 0 Å². The van der Waals surface area contributed by atoms with Crippen LogP contribution in [0.5, 0.6) is 5.75 Å². The molecule has 4 nitrogen and oxygen atoms in total. The summed E-state index contributed by atoms with van der Waals surface area (Å²) < 4.78 is 5.91. The third-order valence-corrected chi connectivity index (χ3v) is 4.80. The fourth-order valence-electron chi connectivity index (χ4n) is 3.66. The zero-order chi connectivity index (χ0) is 15.2. The molecule has 1 unspecified atom stereocenters. The van der Waals surface area contributed by atoms with Crippen molar-refractivity contribution in [3.8, 4) is 5.75 Å². The fourth-order valence-corrected chi connectivity index (χ4v) is 3.66. The van der Waals surface area contributed by atoms with E-state index in [0.29, 0.717) is 6.04 Å². The van der Waals surface area contributed by atoms with Crippen molar-refractivity contribution in [2.45, 2.75) is 25.8 Å². The summed E-state index contributed by atoms with van der Waals surface area (Å²) in [4.78, 5) is 5.25. The van der Waals surface area contributed by atoms with Gasteiger partial charge in [0.25, 0.3) is 0 Å². The Balaban J connectivity index is 1.82. The Labute approximate surface area is 134 Å². The molecule has 1 aromatic rings. The molecule has 1 N–H and O–H groups in total. The summed E-state index contributed by atoms with van der Waals surface area (Å²) in [5, 5.41) is 3.47. The van der Waals surface area contributed by atoms with Crippen molar-refractivity contribution >= 4 is 0 Å². The molecule has 2 aliphatic rings. The van der Waals surface area contributed by atoms with Gasteiger partial charge in [-0.25, -0.2) is 0 Å². The lowest BCUT2D eigenvalue weighted by atomic mass is 10.0. The Morgan fingerprint density at radius 3 is 2.55 bits per heavy atom. The molecule has 0 aliphatic carbocycles. The maximum atomic E-state index is 5.91. The van der Waals surface area contributed by atoms with Crippen LogP contribution in [-0.2, 0) is 0 Å². The highest BCUT2D eigenvalue weighted by atomic mass is 16.5. The number of hydrogen-bond donors (Lipinski definition) is 1. The van der Waals surface area contributed by atoms with Gasteiger partial charge in [0.15, 0.2) is 0 Å². The third-order valence-electron chi connectivity index (χ3n) is 4.80. The van der Waals surface area contributed by atoms with Crippen LogP contribution in [0, 0.1) is 0 Å². The van der Waals surface area contributed by atoms with Gasteiger partial charge in [-0.05, 0) is 38.9 Å². The van der Waals surface area contributed by atoms with Crippen LogP contribution in [-0.4, -0.2) is 62.2 Å². The summed E-state index contributed by atoms with van der Waals surface area (Å²) in [5.74, 6) is 1.06. The van der Waals surface area contributed by atoms with Gasteiger partial charge in [0.05, 0.1) is 12.6 Å². The molecular formula is C18H29N3O. The zero-order valence-electron chi connectivity index (χ0n) is 13.8. The van der Waals surface area contributed by atoms with Crippen LogP contribution < -0.4 is 10.1 Å². The SMILES string of the molecule is CCOc1ccccc1C(CN1CCCC1)N1CCNCC1. The number of nitrogens with one attached hydrogen (secondary N) is 1. The van der Waals surface area contributed by atoms with Gasteiger partial charge >= 0.3 is 0 Å². The third kappa shape index (κ3) is 3.80. The van der Waals surface area contributed by atoms with Gasteiger partial charge in [-0.15, -0.1) is 0 Å². The van der Waals surface area contributed by atoms with E-state index in [4.69, 9.17) is 4.74 Å². The summed E-state index contributed by atoms with van der Waals surface area (Å²) in [6.45, 7) is 10.9. The predicted molar refractivity (Wildman–Crippen MR) is 90.5 cm³/mol. The van der Waals surface area contributed by atoms with Crippen molar-refractivity contribution in [2.75, 3.05) is 52.4 Å². The lowest BCUT2D eigenvalue weighted by Crippen LogP contribution is -2.47. The molecule has 0 spiro atoms. The number of para-hydroxylation sites is 1. The van der Waals surface area contributed by atoms with Crippen molar-refractivity contribution in [1.82, 2.24) is 15.1 Å². The van der Waals surface area contributed by atoms with Gasteiger partial charge in [-0.1, -0.05) is 18.2 Å². The second-order valence-electron chi connectivity index (χ2n) is 6.28. The van der Waals surface area contributed by atoms with E-state index in [1.807, 2.05) is 0 Å². The second kappa shape index (κ2) is 7.95. The summed E-state index contributed by atoms with van der Waals surface area (Å²) in [6, 6.07) is 9.06. The van der Waals surface area contributed by atoms with E-state index in [1.54, 1.807) is 0 Å². The number of benzene rings is 1. The molecule has 0 radical (unpaired) electrons. The molecule has 2 heterocycles. The Bertz CT molecular complexity index is 453. The molecule has 3 rings (SSSR count). The number of likely N-dealkylation sites (tertiary alicyclic amines) is 1. The van der Waals surface area contributed by atoms with Crippen LogP contribution in [0.4, 0.5) is 0 Å². The maximum Gasteiger partial charge on any atom is 0.124 e. The molecule has 2 saturated heterocycles. The molecular weight excluding hydrogens is 274 g/mol. The number of rotatable bonds is 6. The Kier molecular flexibility index (Phi) is 5.70. The molecule has 122 valence electrons. The lowest BCUT2D eigenvalue weighted by Gasteiger charge is -2.37. The van der Waals surface area contributed by atoms with Crippen molar-refractivity contribution in [3.05, 3.63) is 29.8 Å². The Morgan fingerprint density at radius 1 is 1.09 bits per heavy atom. The number of nitrogens with zero attached hydrogens (tertiary/aromatic N) is 2. The highest BCUT2D eigenvalue weighted by Gasteiger charge is 2.27. The number of piperazine rings is 1. The van der Waals surface area contributed by atoms with E-state index in [2.05, 4.69) is 46.3 Å². The molecule has 0 saturated carbocycles. The average molecular weight is 303 g/mol. The summed E-state index contributed by atoms with van der Waals surface area (Å²) >= 11 is 0. The van der Waals surface area contributed by atoms with Crippen LogP contribution in [0.25, 0.3) is 0 Å². The molecule has 2 aliphatic heterocycles. The van der Waals surface area contributed by atoms with Crippen molar-refractivity contribution in [2.24, 2.45) is 0 Å². The van der Waals surface area contributed by atoms with Gasteiger partial charge in [0.2, 0.25) is 0 Å². The topological polar surface area (TPSA) is 27.7 Å². The normalized spacial score (nSPS) is 21.9. The first-order chi connectivity index (χ1) is 10.9. The lowest BCUT2D eigenvalue weighted by molar-refractivity contribution is 0.132. The Morgan fingerprint density at radius 2 is 1.82 bits per heavy atom. The van der Waals surface area contributed by atoms with Crippen LogP contribution >= 0.6 is 0 Å². The zero-order valence-corrected chi connectivity index (χ0v) is 13.8.